The molecular weight excluding hydrogens is 326 g/mol. The van der Waals surface area contributed by atoms with E-state index < -0.39 is 23.3 Å². The maximum atomic E-state index is 12.4. The van der Waals surface area contributed by atoms with Crippen LogP contribution >= 0.6 is 0 Å². The molecule has 1 N–H and O–H groups in total. The lowest BCUT2D eigenvalue weighted by molar-refractivity contribution is -0.0587. The van der Waals surface area contributed by atoms with E-state index in [-0.39, 0.29) is 27.6 Å². The molecule has 1 aliphatic heterocycles. The highest BCUT2D eigenvalue weighted by Crippen LogP contribution is 2.23. The summed E-state index contributed by atoms with van der Waals surface area (Å²) in [7, 11) is 0. The Morgan fingerprint density at radius 1 is 0.880 bits per heavy atom. The van der Waals surface area contributed by atoms with E-state index in [4.69, 9.17) is 4.84 Å². The number of fused-ring (bicyclic) bond motifs is 2. The fourth-order valence-corrected chi connectivity index (χ4v) is 2.65. The van der Waals surface area contributed by atoms with Gasteiger partial charge in [0.2, 0.25) is 0 Å². The summed E-state index contributed by atoms with van der Waals surface area (Å²) in [6, 6.07) is 12.5. The summed E-state index contributed by atoms with van der Waals surface area (Å²) in [6.45, 7) is 0. The predicted molar refractivity (Wildman–Crippen MR) is 84.7 cm³/mol. The first-order chi connectivity index (χ1) is 12.1. The van der Waals surface area contributed by atoms with Crippen LogP contribution in [0.25, 0.3) is 10.8 Å². The van der Waals surface area contributed by atoms with E-state index in [1.807, 2.05) is 0 Å². The summed E-state index contributed by atoms with van der Waals surface area (Å²) in [5.74, 6) is -2.49. The molecule has 3 aromatic rings. The average Bonchev–Trinajstić information content (AvgIpc) is 2.87. The molecule has 2 heterocycles. The minimum atomic E-state index is -1.03. The molecule has 0 fully saturated rings. The van der Waals surface area contributed by atoms with E-state index in [1.54, 1.807) is 24.3 Å². The molecule has 0 aliphatic carbocycles. The number of carbonyl (C=O) groups excluding carboxylic acids is 3. The van der Waals surface area contributed by atoms with Gasteiger partial charge in [-0.2, -0.15) is 5.10 Å². The van der Waals surface area contributed by atoms with Gasteiger partial charge >= 0.3 is 5.97 Å². The van der Waals surface area contributed by atoms with Gasteiger partial charge in [-0.3, -0.25) is 14.4 Å². The Kier molecular flexibility index (Phi) is 3.17. The molecule has 8 nitrogen and oxygen atoms in total. The molecule has 25 heavy (non-hydrogen) atoms. The quantitative estimate of drug-likeness (QED) is 0.707. The Hall–Kier alpha value is -3.81. The van der Waals surface area contributed by atoms with Crippen molar-refractivity contribution in [1.82, 2.24) is 15.3 Å². The number of nitrogens with zero attached hydrogens (tertiary/aromatic N) is 2. The second-order valence-electron chi connectivity index (χ2n) is 5.28. The van der Waals surface area contributed by atoms with Crippen molar-refractivity contribution in [2.75, 3.05) is 0 Å². The lowest BCUT2D eigenvalue weighted by Crippen LogP contribution is -2.33. The van der Waals surface area contributed by atoms with E-state index in [0.717, 1.165) is 0 Å². The van der Waals surface area contributed by atoms with Crippen molar-refractivity contribution in [2.24, 2.45) is 0 Å². The van der Waals surface area contributed by atoms with Crippen molar-refractivity contribution < 1.29 is 19.2 Å². The molecule has 1 aromatic heterocycles. The molecule has 1 aliphatic rings. The van der Waals surface area contributed by atoms with Crippen LogP contribution in [0.3, 0.4) is 0 Å². The van der Waals surface area contributed by atoms with Crippen molar-refractivity contribution in [2.45, 2.75) is 0 Å². The molecule has 0 radical (unpaired) electrons. The van der Waals surface area contributed by atoms with Crippen LogP contribution in [0.15, 0.2) is 53.3 Å². The third kappa shape index (κ3) is 2.19. The van der Waals surface area contributed by atoms with Crippen LogP contribution in [0.4, 0.5) is 0 Å². The van der Waals surface area contributed by atoms with Gasteiger partial charge in [-0.1, -0.05) is 35.4 Å². The van der Waals surface area contributed by atoms with Crippen molar-refractivity contribution in [1.29, 1.82) is 0 Å². The maximum absolute atomic E-state index is 12.4. The molecule has 0 spiro atoms. The van der Waals surface area contributed by atoms with Crippen molar-refractivity contribution in [3.05, 3.63) is 75.7 Å². The second-order valence-corrected chi connectivity index (χ2v) is 5.28. The van der Waals surface area contributed by atoms with Gasteiger partial charge in [-0.05, 0) is 18.2 Å². The first-order valence-corrected chi connectivity index (χ1v) is 7.25. The molecular formula is C17H9N3O5. The number of nitrogens with one attached hydrogen (secondary N) is 1. The lowest BCUT2D eigenvalue weighted by atomic mass is 10.1. The first kappa shape index (κ1) is 14.8. The number of hydroxylamine groups is 2. The van der Waals surface area contributed by atoms with Crippen LogP contribution < -0.4 is 5.56 Å². The Morgan fingerprint density at radius 3 is 2.08 bits per heavy atom. The number of hydrogen-bond acceptors (Lipinski definition) is 6. The summed E-state index contributed by atoms with van der Waals surface area (Å²) in [4.78, 5) is 53.6. The van der Waals surface area contributed by atoms with Crippen LogP contribution in [-0.4, -0.2) is 33.0 Å². The van der Waals surface area contributed by atoms with Gasteiger partial charge in [0, 0.05) is 5.39 Å². The fraction of sp³-hybridized carbons (Fsp3) is 0. The molecule has 0 saturated heterocycles. The van der Waals surface area contributed by atoms with Crippen LogP contribution in [-0.2, 0) is 4.84 Å². The summed E-state index contributed by atoms with van der Waals surface area (Å²) in [5, 5.41) is 6.78. The zero-order valence-electron chi connectivity index (χ0n) is 12.6. The van der Waals surface area contributed by atoms with E-state index in [1.165, 1.54) is 24.3 Å². The number of carbonyl (C=O) groups is 3. The molecule has 0 atom stereocenters. The zero-order chi connectivity index (χ0) is 17.6. The van der Waals surface area contributed by atoms with Crippen LogP contribution in [0.2, 0.25) is 0 Å². The van der Waals surface area contributed by atoms with E-state index in [9.17, 15) is 19.2 Å². The number of H-pyrrole nitrogens is 1. The number of hydrogen-bond donors (Lipinski definition) is 1. The van der Waals surface area contributed by atoms with E-state index in [2.05, 4.69) is 10.2 Å². The smallest absolute Gasteiger partial charge is 0.322 e. The van der Waals surface area contributed by atoms with Gasteiger partial charge in [-0.25, -0.2) is 9.89 Å². The van der Waals surface area contributed by atoms with Gasteiger partial charge in [0.25, 0.3) is 17.4 Å². The van der Waals surface area contributed by atoms with Crippen LogP contribution in [0.5, 0.6) is 0 Å². The van der Waals surface area contributed by atoms with Crippen LogP contribution in [0, 0.1) is 0 Å². The third-order valence-corrected chi connectivity index (χ3v) is 3.82. The highest BCUT2D eigenvalue weighted by atomic mass is 16.7. The summed E-state index contributed by atoms with van der Waals surface area (Å²) >= 11 is 0. The predicted octanol–water partition coefficient (Wildman–Crippen LogP) is 1.29. The van der Waals surface area contributed by atoms with Crippen molar-refractivity contribution in [3.63, 3.8) is 0 Å². The Bertz CT molecular complexity index is 1080. The summed E-state index contributed by atoms with van der Waals surface area (Å²) in [5.41, 5.74) is -0.362. The van der Waals surface area contributed by atoms with Gasteiger partial charge in [0.1, 0.15) is 0 Å². The normalized spacial score (nSPS) is 13.2. The molecule has 2 amide bonds. The molecule has 0 saturated carbocycles. The maximum Gasteiger partial charge on any atom is 0.384 e. The molecule has 8 heteroatoms. The van der Waals surface area contributed by atoms with Crippen molar-refractivity contribution >= 4 is 28.6 Å². The monoisotopic (exact) mass is 335 g/mol. The van der Waals surface area contributed by atoms with Gasteiger partial charge in [0.05, 0.1) is 16.5 Å². The molecule has 4 rings (SSSR count). The van der Waals surface area contributed by atoms with Gasteiger partial charge in [0.15, 0.2) is 5.69 Å². The Labute approximate surface area is 139 Å². The number of amides is 2. The van der Waals surface area contributed by atoms with Gasteiger partial charge < -0.3 is 4.84 Å². The first-order valence-electron chi connectivity index (χ1n) is 7.25. The number of aromatic amines is 1. The minimum absolute atomic E-state index is 0.152. The SMILES string of the molecule is O=C(ON1C(=O)c2ccccc2C1=O)c1n[nH]c(=O)c2ccccc12. The average molecular weight is 335 g/mol. The molecule has 0 bridgehead atoms. The van der Waals surface area contributed by atoms with Crippen LogP contribution in [0.1, 0.15) is 31.2 Å². The zero-order valence-corrected chi connectivity index (χ0v) is 12.6. The third-order valence-electron chi connectivity index (χ3n) is 3.82. The number of imide groups is 1. The molecule has 2 aromatic carbocycles. The lowest BCUT2D eigenvalue weighted by Gasteiger charge is -2.12. The number of rotatable bonds is 2. The Morgan fingerprint density at radius 2 is 1.44 bits per heavy atom. The number of benzene rings is 2. The highest BCUT2D eigenvalue weighted by Gasteiger charge is 2.39. The fourth-order valence-electron chi connectivity index (χ4n) is 2.65. The summed E-state index contributed by atoms with van der Waals surface area (Å²) in [6.07, 6.45) is 0. The highest BCUT2D eigenvalue weighted by molar-refractivity contribution is 6.21. The van der Waals surface area contributed by atoms with E-state index >= 15 is 0 Å². The summed E-state index contributed by atoms with van der Waals surface area (Å²) < 4.78 is 0. The molecule has 0 unspecified atom stereocenters. The standard InChI is InChI=1S/C17H9N3O5/c21-14-10-6-2-1-5-9(10)13(18-19-14)17(24)25-20-15(22)11-7-3-4-8-12(11)16(20)23/h1-8H,(H,19,21). The second kappa shape index (κ2) is 5.38. The molecule has 122 valence electrons. The van der Waals surface area contributed by atoms with Gasteiger partial charge in [-0.15, -0.1) is 0 Å². The topological polar surface area (TPSA) is 109 Å². The largest absolute Gasteiger partial charge is 0.384 e. The van der Waals surface area contributed by atoms with E-state index in [0.29, 0.717) is 5.06 Å². The van der Waals surface area contributed by atoms with Crippen molar-refractivity contribution in [3.8, 4) is 0 Å². The number of aromatic nitrogens is 2. The Balaban J connectivity index is 1.71. The minimum Gasteiger partial charge on any atom is -0.322 e.